The van der Waals surface area contributed by atoms with Crippen molar-refractivity contribution in [3.8, 4) is 0 Å². The van der Waals surface area contributed by atoms with Crippen LogP contribution in [0.25, 0.3) is 16.6 Å². The first kappa shape index (κ1) is 25.3. The first-order valence-electron chi connectivity index (χ1n) is 11.2. The fourth-order valence-corrected chi connectivity index (χ4v) is 3.68. The summed E-state index contributed by atoms with van der Waals surface area (Å²) in [5, 5.41) is 3.45. The zero-order chi connectivity index (χ0) is 25.8. The monoisotopic (exact) mass is 471 g/mol. The van der Waals surface area contributed by atoms with Gasteiger partial charge in [0.25, 0.3) is 11.1 Å². The second-order valence-electron chi connectivity index (χ2n) is 11.4. The fourth-order valence-electron chi connectivity index (χ4n) is 3.68. The highest BCUT2D eigenvalue weighted by atomic mass is 16.6. The van der Waals surface area contributed by atoms with E-state index in [0.717, 1.165) is 9.36 Å². The Morgan fingerprint density at radius 1 is 0.824 bits per heavy atom. The Kier molecular flexibility index (Phi) is 6.05. The Morgan fingerprint density at radius 3 is 1.79 bits per heavy atom. The van der Waals surface area contributed by atoms with E-state index in [1.807, 2.05) is 20.8 Å². The van der Waals surface area contributed by atoms with Crippen molar-refractivity contribution in [2.75, 3.05) is 0 Å². The maximum Gasteiger partial charge on any atom is 0.341 e. The predicted molar refractivity (Wildman–Crippen MR) is 129 cm³/mol. The van der Waals surface area contributed by atoms with Crippen LogP contribution in [0.2, 0.25) is 0 Å². The number of carbonyl (C=O) groups excluding carboxylic acids is 2. The molecule has 0 saturated heterocycles. The Labute approximate surface area is 198 Å². The van der Waals surface area contributed by atoms with Gasteiger partial charge in [-0.15, -0.1) is 0 Å². The number of fused-ring (bicyclic) bond motifs is 2. The summed E-state index contributed by atoms with van der Waals surface area (Å²) in [5.74, 6) is -1.65. The highest BCUT2D eigenvalue weighted by Gasteiger charge is 2.46. The van der Waals surface area contributed by atoms with Gasteiger partial charge in [0, 0.05) is 5.54 Å². The summed E-state index contributed by atoms with van der Waals surface area (Å²) in [7, 11) is 0. The zero-order valence-electron chi connectivity index (χ0n) is 21.2. The molecule has 184 valence electrons. The van der Waals surface area contributed by atoms with Gasteiger partial charge in [-0.3, -0.25) is 9.59 Å². The van der Waals surface area contributed by atoms with Gasteiger partial charge in [-0.05, 0) is 74.4 Å². The molecule has 1 aliphatic rings. The summed E-state index contributed by atoms with van der Waals surface area (Å²) in [6, 6.07) is 4.83. The highest BCUT2D eigenvalue weighted by Crippen LogP contribution is 2.33. The lowest BCUT2D eigenvalue weighted by Crippen LogP contribution is -2.43. The molecule has 0 radical (unpaired) electrons. The van der Waals surface area contributed by atoms with E-state index in [1.54, 1.807) is 53.7 Å². The molecule has 1 aromatic carbocycles. The molecule has 2 aromatic rings. The lowest BCUT2D eigenvalue weighted by molar-refractivity contribution is -0.161. The number of hydrogen-bond donors (Lipinski definition) is 1. The van der Waals surface area contributed by atoms with E-state index in [1.165, 1.54) is 12.1 Å². The molecule has 3 rings (SSSR count). The number of rotatable bonds is 3. The molecule has 0 bridgehead atoms. The minimum absolute atomic E-state index is 0.0189. The minimum atomic E-state index is -1.51. The Balaban J connectivity index is 2.45. The van der Waals surface area contributed by atoms with Crippen molar-refractivity contribution in [3.63, 3.8) is 0 Å². The van der Waals surface area contributed by atoms with E-state index in [0.29, 0.717) is 0 Å². The van der Waals surface area contributed by atoms with Gasteiger partial charge in [-0.25, -0.2) is 14.3 Å². The highest BCUT2D eigenvalue weighted by molar-refractivity contribution is 6.03. The summed E-state index contributed by atoms with van der Waals surface area (Å²) >= 11 is 0. The number of carbonyl (C=O) groups is 2. The number of nitrogens with zero attached hydrogens (tertiary/aromatic N) is 2. The van der Waals surface area contributed by atoms with Gasteiger partial charge in [0.2, 0.25) is 0 Å². The van der Waals surface area contributed by atoms with Gasteiger partial charge in [0.05, 0.1) is 10.8 Å². The number of ether oxygens (including phenoxy) is 2. The van der Waals surface area contributed by atoms with Crippen LogP contribution in [0, 0.1) is 0 Å². The molecule has 34 heavy (non-hydrogen) atoms. The average Bonchev–Trinajstić information content (AvgIpc) is 2.97. The Morgan fingerprint density at radius 2 is 1.32 bits per heavy atom. The van der Waals surface area contributed by atoms with Crippen molar-refractivity contribution in [1.82, 2.24) is 14.7 Å². The van der Waals surface area contributed by atoms with Crippen LogP contribution >= 0.6 is 0 Å². The van der Waals surface area contributed by atoms with Gasteiger partial charge < -0.3 is 14.8 Å². The molecule has 0 aliphatic carbocycles. The first-order valence-corrected chi connectivity index (χ1v) is 11.2. The molecule has 1 unspecified atom stereocenters. The van der Waals surface area contributed by atoms with Crippen LogP contribution in [-0.2, 0) is 19.1 Å². The minimum Gasteiger partial charge on any atom is -0.458 e. The largest absolute Gasteiger partial charge is 0.458 e. The molecule has 1 N–H and O–H groups in total. The molecule has 0 spiro atoms. The van der Waals surface area contributed by atoms with Crippen LogP contribution in [-0.4, -0.2) is 38.0 Å². The first-order chi connectivity index (χ1) is 15.4. The molecule has 2 heterocycles. The summed E-state index contributed by atoms with van der Waals surface area (Å²) in [6.07, 6.45) is 0. The molecular weight excluding hydrogens is 438 g/mol. The molecule has 1 atom stereocenters. The van der Waals surface area contributed by atoms with Crippen molar-refractivity contribution >= 4 is 28.5 Å². The zero-order valence-corrected chi connectivity index (χ0v) is 21.2. The Bertz CT molecular complexity index is 1310. The molecule has 0 amide bonds. The van der Waals surface area contributed by atoms with Crippen LogP contribution in [0.3, 0.4) is 0 Å². The number of esters is 2. The smallest absolute Gasteiger partial charge is 0.341 e. The molecule has 0 fully saturated rings. The molecule has 9 heteroatoms. The fraction of sp³-hybridized carbons (Fsp3) is 0.520. The molecule has 1 aromatic heterocycles. The van der Waals surface area contributed by atoms with E-state index in [2.05, 4.69) is 5.32 Å². The van der Waals surface area contributed by atoms with Crippen molar-refractivity contribution in [3.05, 3.63) is 50.5 Å². The van der Waals surface area contributed by atoms with E-state index in [-0.39, 0.29) is 22.2 Å². The predicted octanol–water partition coefficient (Wildman–Crippen LogP) is 2.96. The number of aromatic nitrogens is 2. The normalized spacial score (nSPS) is 16.4. The van der Waals surface area contributed by atoms with Crippen LogP contribution in [0.1, 0.15) is 68.4 Å². The maximum atomic E-state index is 13.6. The van der Waals surface area contributed by atoms with Crippen LogP contribution in [0.5, 0.6) is 0 Å². The van der Waals surface area contributed by atoms with Crippen LogP contribution in [0.4, 0.5) is 0 Å². The standard InChI is InChI=1S/C25H33N3O6/c1-23(2,3)26-18-16(21(31)33-24(4,5)6)17(22(32)34-25(7,8)9)27-19(29)14-12-10-11-13-15(14)20(30)28(18)27/h10-13,17,26H,1-9H3. The topological polar surface area (TPSA) is 109 Å². The second-order valence-corrected chi connectivity index (χ2v) is 11.4. The average molecular weight is 472 g/mol. The SMILES string of the molecule is CC(C)(C)NC1=C(C(=O)OC(C)(C)C)C(C(=O)OC(C)(C)C)n2c(=O)c3ccccc3c(=O)n21. The van der Waals surface area contributed by atoms with Gasteiger partial charge in [0.1, 0.15) is 22.6 Å². The van der Waals surface area contributed by atoms with Gasteiger partial charge in [-0.1, -0.05) is 12.1 Å². The number of nitrogens with one attached hydrogen (secondary N) is 1. The van der Waals surface area contributed by atoms with Crippen LogP contribution in [0.15, 0.2) is 39.4 Å². The lowest BCUT2D eigenvalue weighted by atomic mass is 10.0. The van der Waals surface area contributed by atoms with E-state index in [4.69, 9.17) is 9.47 Å². The van der Waals surface area contributed by atoms with Gasteiger partial charge in [-0.2, -0.15) is 4.68 Å². The van der Waals surface area contributed by atoms with E-state index < -0.39 is 45.8 Å². The van der Waals surface area contributed by atoms with Crippen molar-refractivity contribution in [2.24, 2.45) is 0 Å². The van der Waals surface area contributed by atoms with Crippen molar-refractivity contribution < 1.29 is 19.1 Å². The quantitative estimate of drug-likeness (QED) is 0.686. The summed E-state index contributed by atoms with van der Waals surface area (Å²) in [6.45, 7) is 15.6. The Hall–Kier alpha value is -3.36. The third kappa shape index (κ3) is 4.93. The van der Waals surface area contributed by atoms with E-state index >= 15 is 0 Å². The second kappa shape index (κ2) is 8.14. The van der Waals surface area contributed by atoms with E-state index in [9.17, 15) is 19.2 Å². The summed E-state index contributed by atoms with van der Waals surface area (Å²) in [5.41, 5.74) is -3.72. The summed E-state index contributed by atoms with van der Waals surface area (Å²) < 4.78 is 13.3. The summed E-state index contributed by atoms with van der Waals surface area (Å²) in [4.78, 5) is 54.1. The third-order valence-electron chi connectivity index (χ3n) is 4.73. The van der Waals surface area contributed by atoms with Gasteiger partial charge in [0.15, 0.2) is 6.04 Å². The molecule has 1 aliphatic heterocycles. The van der Waals surface area contributed by atoms with Crippen molar-refractivity contribution in [1.29, 1.82) is 0 Å². The van der Waals surface area contributed by atoms with Gasteiger partial charge >= 0.3 is 11.9 Å². The molecular formula is C25H33N3O6. The number of hydrogen-bond acceptors (Lipinski definition) is 7. The number of benzene rings is 1. The van der Waals surface area contributed by atoms with Crippen molar-refractivity contribution in [2.45, 2.75) is 85.1 Å². The maximum absolute atomic E-state index is 13.6. The lowest BCUT2D eigenvalue weighted by Gasteiger charge is -2.26. The molecule has 9 nitrogen and oxygen atoms in total. The molecule has 0 saturated carbocycles. The third-order valence-corrected chi connectivity index (χ3v) is 4.73. The van der Waals surface area contributed by atoms with Crippen LogP contribution < -0.4 is 16.4 Å².